The Morgan fingerprint density at radius 1 is 1.33 bits per heavy atom. The molecule has 0 radical (unpaired) electrons. The topological polar surface area (TPSA) is 58.0 Å². The number of hydrogen-bond donors (Lipinski definition) is 2. The molecule has 0 spiro atoms. The lowest BCUT2D eigenvalue weighted by molar-refractivity contribution is 0.244. The van der Waals surface area contributed by atoms with Crippen molar-refractivity contribution in [2.45, 2.75) is 32.9 Å². The van der Waals surface area contributed by atoms with Gasteiger partial charge in [-0.3, -0.25) is 0 Å². The van der Waals surface area contributed by atoms with Crippen LogP contribution in [0.1, 0.15) is 25.8 Å². The highest BCUT2D eigenvalue weighted by atomic mass is 16.3. The Hall–Kier alpha value is -1.00. The van der Waals surface area contributed by atoms with Crippen LogP contribution in [0.5, 0.6) is 0 Å². The molecule has 0 aliphatic heterocycles. The maximum absolute atomic E-state index is 8.92. The summed E-state index contributed by atoms with van der Waals surface area (Å²) in [7, 11) is 0. The Balaban J connectivity index is 2.40. The van der Waals surface area contributed by atoms with Crippen molar-refractivity contribution in [3.05, 3.63) is 24.3 Å². The molecule has 0 bridgehead atoms. The molecule has 0 saturated carbocycles. The van der Waals surface area contributed by atoms with Crippen molar-refractivity contribution in [2.75, 3.05) is 6.61 Å². The second-order valence-corrected chi connectivity index (χ2v) is 3.99. The molecule has 0 saturated heterocycles. The van der Waals surface area contributed by atoms with Gasteiger partial charge in [-0.25, -0.2) is 9.97 Å². The highest BCUT2D eigenvalue weighted by Crippen LogP contribution is 2.06. The van der Waals surface area contributed by atoms with Gasteiger partial charge in [0.05, 0.1) is 0 Å². The maximum Gasteiger partial charge on any atom is 0.115 e. The smallest absolute Gasteiger partial charge is 0.115 e. The minimum Gasteiger partial charge on any atom is -0.396 e. The molecule has 4 heteroatoms. The number of hydrogen-bond acceptors (Lipinski definition) is 4. The third-order valence-electron chi connectivity index (χ3n) is 2.43. The van der Waals surface area contributed by atoms with E-state index < -0.39 is 0 Å². The number of nitrogens with zero attached hydrogens (tertiary/aromatic N) is 2. The average Bonchev–Trinajstić information content (AvgIpc) is 2.25. The molecule has 1 atom stereocenters. The van der Waals surface area contributed by atoms with Gasteiger partial charge in [-0.05, 0) is 12.3 Å². The van der Waals surface area contributed by atoms with E-state index in [0.29, 0.717) is 12.0 Å². The van der Waals surface area contributed by atoms with Crippen LogP contribution in [0.25, 0.3) is 0 Å². The van der Waals surface area contributed by atoms with Gasteiger partial charge in [0.1, 0.15) is 6.33 Å². The van der Waals surface area contributed by atoms with Crippen LogP contribution in [0.2, 0.25) is 0 Å². The highest BCUT2D eigenvalue weighted by Gasteiger charge is 2.11. The molecule has 1 rings (SSSR count). The van der Waals surface area contributed by atoms with Crippen LogP contribution in [-0.4, -0.2) is 27.7 Å². The van der Waals surface area contributed by atoms with E-state index in [4.69, 9.17) is 5.11 Å². The van der Waals surface area contributed by atoms with Crippen molar-refractivity contribution in [1.29, 1.82) is 0 Å². The van der Waals surface area contributed by atoms with E-state index in [1.807, 2.05) is 0 Å². The monoisotopic (exact) mass is 209 g/mol. The van der Waals surface area contributed by atoms with Gasteiger partial charge >= 0.3 is 0 Å². The summed E-state index contributed by atoms with van der Waals surface area (Å²) in [4.78, 5) is 7.91. The summed E-state index contributed by atoms with van der Waals surface area (Å²) in [6.45, 7) is 5.27. The van der Waals surface area contributed by atoms with Gasteiger partial charge < -0.3 is 10.4 Å². The molecular weight excluding hydrogens is 190 g/mol. The van der Waals surface area contributed by atoms with Crippen LogP contribution in [0.4, 0.5) is 0 Å². The predicted octanol–water partition coefficient (Wildman–Crippen LogP) is 0.973. The summed E-state index contributed by atoms with van der Waals surface area (Å²) in [6, 6.07) is 0.343. The van der Waals surface area contributed by atoms with Gasteiger partial charge in [0.15, 0.2) is 0 Å². The normalized spacial score (nSPS) is 13.1. The molecule has 0 aliphatic carbocycles. The van der Waals surface area contributed by atoms with E-state index >= 15 is 0 Å². The van der Waals surface area contributed by atoms with Gasteiger partial charge in [-0.1, -0.05) is 13.8 Å². The second-order valence-electron chi connectivity index (χ2n) is 3.99. The lowest BCUT2D eigenvalue weighted by Gasteiger charge is -2.21. The van der Waals surface area contributed by atoms with Crippen LogP contribution in [0, 0.1) is 5.92 Å². The summed E-state index contributed by atoms with van der Waals surface area (Å²) in [5.74, 6) is 0.516. The highest BCUT2D eigenvalue weighted by molar-refractivity contribution is 5.01. The second kappa shape index (κ2) is 6.48. The fourth-order valence-electron chi connectivity index (χ4n) is 1.48. The van der Waals surface area contributed by atoms with Crippen molar-refractivity contribution in [3.63, 3.8) is 0 Å². The van der Waals surface area contributed by atoms with Crippen molar-refractivity contribution in [3.8, 4) is 0 Å². The number of aliphatic hydroxyl groups is 1. The number of nitrogens with one attached hydrogen (secondary N) is 1. The SMILES string of the molecule is CC(C)C(CCO)NCc1cncnc1. The molecule has 84 valence electrons. The summed E-state index contributed by atoms with van der Waals surface area (Å²) < 4.78 is 0. The van der Waals surface area contributed by atoms with Gasteiger partial charge in [0, 0.05) is 37.2 Å². The first-order valence-corrected chi connectivity index (χ1v) is 5.32. The molecule has 15 heavy (non-hydrogen) atoms. The Bertz CT molecular complexity index is 264. The first-order chi connectivity index (χ1) is 7.24. The molecule has 2 N–H and O–H groups in total. The van der Waals surface area contributed by atoms with E-state index in [1.54, 1.807) is 12.4 Å². The zero-order valence-electron chi connectivity index (χ0n) is 9.35. The first kappa shape index (κ1) is 12.1. The molecular formula is C11H19N3O. The zero-order valence-corrected chi connectivity index (χ0v) is 9.35. The predicted molar refractivity (Wildman–Crippen MR) is 59.2 cm³/mol. The van der Waals surface area contributed by atoms with E-state index in [0.717, 1.165) is 18.5 Å². The average molecular weight is 209 g/mol. The summed E-state index contributed by atoms with van der Waals surface area (Å²) in [6.07, 6.45) is 5.91. The fourth-order valence-corrected chi connectivity index (χ4v) is 1.48. The Labute approximate surface area is 90.8 Å². The van der Waals surface area contributed by atoms with Crippen LogP contribution in [0.3, 0.4) is 0 Å². The van der Waals surface area contributed by atoms with Crippen molar-refractivity contribution < 1.29 is 5.11 Å². The lowest BCUT2D eigenvalue weighted by atomic mass is 10.0. The first-order valence-electron chi connectivity index (χ1n) is 5.32. The standard InChI is InChI=1S/C11H19N3O/c1-9(2)11(3-4-15)14-7-10-5-12-8-13-6-10/h5-6,8-9,11,14-15H,3-4,7H2,1-2H3. The number of aliphatic hydroxyl groups excluding tert-OH is 1. The van der Waals surface area contributed by atoms with Crippen LogP contribution >= 0.6 is 0 Å². The summed E-state index contributed by atoms with van der Waals surface area (Å²) >= 11 is 0. The molecule has 1 aromatic rings. The largest absolute Gasteiger partial charge is 0.396 e. The van der Waals surface area contributed by atoms with Crippen molar-refractivity contribution in [1.82, 2.24) is 15.3 Å². The molecule has 0 aromatic carbocycles. The van der Waals surface area contributed by atoms with Gasteiger partial charge in [-0.2, -0.15) is 0 Å². The van der Waals surface area contributed by atoms with Crippen LogP contribution in [-0.2, 0) is 6.54 Å². The Morgan fingerprint density at radius 2 is 2.00 bits per heavy atom. The zero-order chi connectivity index (χ0) is 11.1. The minimum absolute atomic E-state index is 0.223. The minimum atomic E-state index is 0.223. The van der Waals surface area contributed by atoms with E-state index in [1.165, 1.54) is 6.33 Å². The lowest BCUT2D eigenvalue weighted by Crippen LogP contribution is -2.34. The summed E-state index contributed by atoms with van der Waals surface area (Å²) in [5.41, 5.74) is 1.07. The van der Waals surface area contributed by atoms with Crippen LogP contribution < -0.4 is 5.32 Å². The van der Waals surface area contributed by atoms with E-state index in [-0.39, 0.29) is 6.61 Å². The molecule has 1 unspecified atom stereocenters. The summed E-state index contributed by atoms with van der Waals surface area (Å²) in [5, 5.41) is 12.3. The Kier molecular flexibility index (Phi) is 5.21. The molecule has 0 amide bonds. The molecule has 4 nitrogen and oxygen atoms in total. The van der Waals surface area contributed by atoms with Gasteiger partial charge in [0.25, 0.3) is 0 Å². The van der Waals surface area contributed by atoms with Crippen molar-refractivity contribution in [2.24, 2.45) is 5.92 Å². The van der Waals surface area contributed by atoms with Gasteiger partial charge in [-0.15, -0.1) is 0 Å². The van der Waals surface area contributed by atoms with Crippen LogP contribution in [0.15, 0.2) is 18.7 Å². The van der Waals surface area contributed by atoms with Gasteiger partial charge in [0.2, 0.25) is 0 Å². The molecule has 0 aliphatic rings. The molecule has 1 aromatic heterocycles. The maximum atomic E-state index is 8.92. The third kappa shape index (κ3) is 4.36. The number of aromatic nitrogens is 2. The molecule has 0 fully saturated rings. The van der Waals surface area contributed by atoms with E-state index in [9.17, 15) is 0 Å². The quantitative estimate of drug-likeness (QED) is 0.733. The molecule has 1 heterocycles. The third-order valence-corrected chi connectivity index (χ3v) is 2.43. The fraction of sp³-hybridized carbons (Fsp3) is 0.636. The number of rotatable bonds is 6. The Morgan fingerprint density at radius 3 is 2.53 bits per heavy atom. The van der Waals surface area contributed by atoms with Crippen molar-refractivity contribution >= 4 is 0 Å². The van der Waals surface area contributed by atoms with E-state index in [2.05, 4.69) is 29.1 Å².